The summed E-state index contributed by atoms with van der Waals surface area (Å²) >= 11 is 0. The molecule has 0 fully saturated rings. The molecule has 3 aromatic heterocycles. The quantitative estimate of drug-likeness (QED) is 0.313. The van der Waals surface area contributed by atoms with Crippen molar-refractivity contribution in [3.05, 3.63) is 96.8 Å². The van der Waals surface area contributed by atoms with Crippen molar-refractivity contribution in [2.24, 2.45) is 0 Å². The summed E-state index contributed by atoms with van der Waals surface area (Å²) in [5.41, 5.74) is 6.84. The number of pyridine rings is 1. The molecule has 3 aromatic carbocycles. The molecule has 0 saturated heterocycles. The lowest BCUT2D eigenvalue weighted by atomic mass is 10.1. The average Bonchev–Trinajstić information content (AvgIpc) is 3.43. The summed E-state index contributed by atoms with van der Waals surface area (Å²) in [6.07, 6.45) is 7.86. The van der Waals surface area contributed by atoms with E-state index in [1.807, 2.05) is 30.5 Å². The Balaban J connectivity index is 1.46. The predicted molar refractivity (Wildman–Crippen MR) is 133 cm³/mol. The number of nitrogens with zero attached hydrogens (tertiary/aromatic N) is 2. The highest BCUT2D eigenvalue weighted by atomic mass is 16.4. The minimum Gasteiger partial charge on any atom is -0.456 e. The molecule has 0 amide bonds. The van der Waals surface area contributed by atoms with E-state index in [2.05, 4.69) is 75.9 Å². The Bertz CT molecular complexity index is 1680. The SMILES string of the molecule is C1=Cc2c(oc3ccc(N(c4ccccc4)c4ccc5oc6ccncc6c5c4)cc23)NC1. The van der Waals surface area contributed by atoms with Gasteiger partial charge in [-0.25, -0.2) is 0 Å². The molecule has 0 aliphatic carbocycles. The average molecular weight is 429 g/mol. The van der Waals surface area contributed by atoms with Crippen LogP contribution in [0.15, 0.2) is 100 Å². The third-order valence-corrected chi connectivity index (χ3v) is 6.16. The fourth-order valence-electron chi connectivity index (χ4n) is 4.64. The molecule has 1 aliphatic rings. The van der Waals surface area contributed by atoms with E-state index in [-0.39, 0.29) is 0 Å². The van der Waals surface area contributed by atoms with Gasteiger partial charge in [0.2, 0.25) is 5.88 Å². The van der Waals surface area contributed by atoms with Crippen LogP contribution in [-0.2, 0) is 0 Å². The molecule has 0 spiro atoms. The van der Waals surface area contributed by atoms with Gasteiger partial charge in [-0.1, -0.05) is 30.4 Å². The molecule has 4 heterocycles. The molecular formula is C28H19N3O2. The Morgan fingerprint density at radius 2 is 1.48 bits per heavy atom. The molecule has 5 nitrogen and oxygen atoms in total. The topological polar surface area (TPSA) is 54.4 Å². The number of furan rings is 2. The fraction of sp³-hybridized carbons (Fsp3) is 0.0357. The Hall–Kier alpha value is -4.51. The molecule has 1 aliphatic heterocycles. The number of hydrogen-bond acceptors (Lipinski definition) is 5. The Labute approximate surface area is 189 Å². The summed E-state index contributed by atoms with van der Waals surface area (Å²) in [5, 5.41) is 6.46. The van der Waals surface area contributed by atoms with E-state index in [1.165, 1.54) is 0 Å². The number of nitrogens with one attached hydrogen (secondary N) is 1. The van der Waals surface area contributed by atoms with Gasteiger partial charge in [0.25, 0.3) is 0 Å². The number of hydrogen-bond donors (Lipinski definition) is 1. The molecule has 158 valence electrons. The molecule has 0 radical (unpaired) electrons. The van der Waals surface area contributed by atoms with Gasteiger partial charge in [0.15, 0.2) is 0 Å². The minimum absolute atomic E-state index is 0.781. The van der Waals surface area contributed by atoms with Crippen molar-refractivity contribution in [2.75, 3.05) is 16.8 Å². The summed E-state index contributed by atoms with van der Waals surface area (Å²) < 4.78 is 12.1. The van der Waals surface area contributed by atoms with Crippen LogP contribution in [0.1, 0.15) is 5.56 Å². The summed E-state index contributed by atoms with van der Waals surface area (Å²) in [7, 11) is 0. The van der Waals surface area contributed by atoms with Crippen molar-refractivity contribution >= 4 is 61.9 Å². The van der Waals surface area contributed by atoms with Crippen LogP contribution in [0.2, 0.25) is 0 Å². The zero-order chi connectivity index (χ0) is 21.8. The van der Waals surface area contributed by atoms with Crippen LogP contribution < -0.4 is 10.2 Å². The van der Waals surface area contributed by atoms with Gasteiger partial charge in [-0.15, -0.1) is 0 Å². The van der Waals surface area contributed by atoms with E-state index in [9.17, 15) is 0 Å². The molecule has 0 bridgehead atoms. The van der Waals surface area contributed by atoms with Crippen LogP contribution in [-0.4, -0.2) is 11.5 Å². The van der Waals surface area contributed by atoms with Crippen molar-refractivity contribution in [2.45, 2.75) is 0 Å². The van der Waals surface area contributed by atoms with E-state index >= 15 is 0 Å². The van der Waals surface area contributed by atoms with Crippen LogP contribution in [0.25, 0.3) is 39.0 Å². The molecule has 1 N–H and O–H groups in total. The third kappa shape index (κ3) is 2.83. The second-order valence-corrected chi connectivity index (χ2v) is 8.13. The molecule has 0 atom stereocenters. The van der Waals surface area contributed by atoms with Gasteiger partial charge in [0.05, 0.1) is 0 Å². The first-order chi connectivity index (χ1) is 16.3. The number of fused-ring (bicyclic) bond motifs is 6. The number of aromatic nitrogens is 1. The lowest BCUT2D eigenvalue weighted by Gasteiger charge is -2.25. The van der Waals surface area contributed by atoms with Crippen molar-refractivity contribution in [1.29, 1.82) is 0 Å². The maximum absolute atomic E-state index is 6.03. The van der Waals surface area contributed by atoms with Crippen molar-refractivity contribution in [3.8, 4) is 0 Å². The first kappa shape index (κ1) is 18.1. The predicted octanol–water partition coefficient (Wildman–Crippen LogP) is 7.64. The van der Waals surface area contributed by atoms with Gasteiger partial charge >= 0.3 is 0 Å². The fourth-order valence-corrected chi connectivity index (χ4v) is 4.64. The van der Waals surface area contributed by atoms with Crippen molar-refractivity contribution in [3.63, 3.8) is 0 Å². The smallest absolute Gasteiger partial charge is 0.201 e. The Morgan fingerprint density at radius 1 is 0.727 bits per heavy atom. The van der Waals surface area contributed by atoms with Crippen molar-refractivity contribution in [1.82, 2.24) is 4.98 Å². The Kier molecular flexibility index (Phi) is 3.84. The van der Waals surface area contributed by atoms with Gasteiger partial charge in [0, 0.05) is 57.7 Å². The van der Waals surface area contributed by atoms with Gasteiger partial charge in [0.1, 0.15) is 16.7 Å². The lowest BCUT2D eigenvalue weighted by molar-refractivity contribution is 0.628. The molecule has 33 heavy (non-hydrogen) atoms. The van der Waals surface area contributed by atoms with Gasteiger partial charge < -0.3 is 19.1 Å². The molecule has 5 heteroatoms. The maximum Gasteiger partial charge on any atom is 0.201 e. The first-order valence-corrected chi connectivity index (χ1v) is 10.9. The minimum atomic E-state index is 0.781. The van der Waals surface area contributed by atoms with Crippen LogP contribution in [0.5, 0.6) is 0 Å². The van der Waals surface area contributed by atoms with E-state index in [4.69, 9.17) is 8.83 Å². The largest absolute Gasteiger partial charge is 0.456 e. The monoisotopic (exact) mass is 429 g/mol. The maximum atomic E-state index is 6.03. The van der Waals surface area contributed by atoms with E-state index in [0.29, 0.717) is 0 Å². The number of rotatable bonds is 3. The van der Waals surface area contributed by atoms with Crippen LogP contribution >= 0.6 is 0 Å². The van der Waals surface area contributed by atoms with Crippen LogP contribution in [0.4, 0.5) is 22.9 Å². The second kappa shape index (κ2) is 7.00. The second-order valence-electron chi connectivity index (χ2n) is 8.13. The normalized spacial score (nSPS) is 12.8. The third-order valence-electron chi connectivity index (χ3n) is 6.16. The van der Waals surface area contributed by atoms with Crippen LogP contribution in [0.3, 0.4) is 0 Å². The lowest BCUT2D eigenvalue weighted by Crippen LogP contribution is -2.09. The van der Waals surface area contributed by atoms with Crippen molar-refractivity contribution < 1.29 is 8.83 Å². The Morgan fingerprint density at radius 3 is 2.33 bits per heavy atom. The van der Waals surface area contributed by atoms with Gasteiger partial charge in [-0.3, -0.25) is 4.98 Å². The number of anilines is 4. The van der Waals surface area contributed by atoms with Gasteiger partial charge in [-0.05, 0) is 54.6 Å². The first-order valence-electron chi connectivity index (χ1n) is 10.9. The van der Waals surface area contributed by atoms with E-state index in [0.717, 1.165) is 68.0 Å². The highest BCUT2D eigenvalue weighted by molar-refractivity contribution is 6.06. The van der Waals surface area contributed by atoms with Crippen LogP contribution in [0, 0.1) is 0 Å². The zero-order valence-electron chi connectivity index (χ0n) is 17.7. The number of benzene rings is 3. The zero-order valence-corrected chi connectivity index (χ0v) is 17.7. The van der Waals surface area contributed by atoms with E-state index < -0.39 is 0 Å². The summed E-state index contributed by atoms with van der Waals surface area (Å²) in [4.78, 5) is 6.56. The summed E-state index contributed by atoms with van der Waals surface area (Å²) in [5.74, 6) is 0.828. The summed E-state index contributed by atoms with van der Waals surface area (Å²) in [6, 6.07) is 24.9. The molecule has 7 rings (SSSR count). The molecule has 0 saturated carbocycles. The number of para-hydroxylation sites is 1. The molecule has 0 unspecified atom stereocenters. The van der Waals surface area contributed by atoms with E-state index in [1.54, 1.807) is 6.20 Å². The molecular weight excluding hydrogens is 410 g/mol. The molecule has 6 aromatic rings. The highest BCUT2D eigenvalue weighted by Crippen LogP contribution is 2.41. The standard InChI is InChI=1S/C28H19N3O2/c1-2-5-18(6-3-1)31(19-9-11-26-22(15-19)21-7-4-13-30-28(21)33-26)20-8-10-25-23(16-20)24-17-29-14-12-27(24)32-25/h1-12,14-17,30H,13H2. The highest BCUT2D eigenvalue weighted by Gasteiger charge is 2.19. The van der Waals surface area contributed by atoms with Gasteiger partial charge in [-0.2, -0.15) is 0 Å². The summed E-state index contributed by atoms with van der Waals surface area (Å²) in [6.45, 7) is 0.781.